The Morgan fingerprint density at radius 2 is 2.21 bits per heavy atom. The van der Waals surface area contributed by atoms with E-state index in [-0.39, 0.29) is 6.04 Å². The first-order valence-corrected chi connectivity index (χ1v) is 4.67. The highest BCUT2D eigenvalue weighted by Gasteiger charge is 2.10. The SMILES string of the molecule is CC(NC(=O)CO)c1ccccc1Cl. The van der Waals surface area contributed by atoms with Crippen LogP contribution in [0.5, 0.6) is 0 Å². The third-order valence-corrected chi connectivity index (χ3v) is 2.24. The zero-order valence-corrected chi connectivity index (χ0v) is 8.58. The molecule has 76 valence electrons. The van der Waals surface area contributed by atoms with Gasteiger partial charge in [0, 0.05) is 5.02 Å². The monoisotopic (exact) mass is 213 g/mol. The van der Waals surface area contributed by atoms with E-state index in [9.17, 15) is 4.79 Å². The molecule has 0 aromatic heterocycles. The number of benzene rings is 1. The summed E-state index contributed by atoms with van der Waals surface area (Å²) in [4.78, 5) is 10.9. The number of amides is 1. The summed E-state index contributed by atoms with van der Waals surface area (Å²) in [7, 11) is 0. The van der Waals surface area contributed by atoms with Gasteiger partial charge in [0.15, 0.2) is 0 Å². The van der Waals surface area contributed by atoms with Crippen LogP contribution in [0.4, 0.5) is 0 Å². The van der Waals surface area contributed by atoms with E-state index in [1.54, 1.807) is 6.07 Å². The lowest BCUT2D eigenvalue weighted by Gasteiger charge is -2.14. The molecule has 3 nitrogen and oxygen atoms in total. The fourth-order valence-electron chi connectivity index (χ4n) is 1.19. The van der Waals surface area contributed by atoms with Gasteiger partial charge in [-0.3, -0.25) is 4.79 Å². The van der Waals surface area contributed by atoms with Crippen LogP contribution in [0.3, 0.4) is 0 Å². The van der Waals surface area contributed by atoms with Crippen molar-refractivity contribution in [3.63, 3.8) is 0 Å². The average Bonchev–Trinajstić information content (AvgIpc) is 2.18. The van der Waals surface area contributed by atoms with Crippen LogP contribution in [0.1, 0.15) is 18.5 Å². The molecule has 0 spiro atoms. The van der Waals surface area contributed by atoms with Crippen molar-refractivity contribution >= 4 is 17.5 Å². The standard InChI is InChI=1S/C10H12ClNO2/c1-7(12-10(14)6-13)8-4-2-3-5-9(8)11/h2-5,7,13H,6H2,1H3,(H,12,14). The Labute approximate surface area is 87.7 Å². The molecule has 0 heterocycles. The number of hydrogen-bond donors (Lipinski definition) is 2. The van der Waals surface area contributed by atoms with Gasteiger partial charge in [-0.2, -0.15) is 0 Å². The zero-order valence-electron chi connectivity index (χ0n) is 7.83. The Morgan fingerprint density at radius 3 is 2.79 bits per heavy atom. The second kappa shape index (κ2) is 4.98. The van der Waals surface area contributed by atoms with Gasteiger partial charge in [0.1, 0.15) is 6.61 Å². The van der Waals surface area contributed by atoms with E-state index in [1.165, 1.54) is 0 Å². The number of halogens is 1. The largest absolute Gasteiger partial charge is 0.387 e. The Balaban J connectivity index is 2.74. The maximum Gasteiger partial charge on any atom is 0.246 e. The molecule has 4 heteroatoms. The highest BCUT2D eigenvalue weighted by molar-refractivity contribution is 6.31. The average molecular weight is 214 g/mol. The zero-order chi connectivity index (χ0) is 10.6. The van der Waals surface area contributed by atoms with Gasteiger partial charge in [0.05, 0.1) is 6.04 Å². The topological polar surface area (TPSA) is 49.3 Å². The molecule has 1 rings (SSSR count). The molecular formula is C10H12ClNO2. The molecule has 0 bridgehead atoms. The van der Waals surface area contributed by atoms with Crippen molar-refractivity contribution in [1.29, 1.82) is 0 Å². The Morgan fingerprint density at radius 1 is 1.57 bits per heavy atom. The van der Waals surface area contributed by atoms with E-state index in [4.69, 9.17) is 16.7 Å². The minimum Gasteiger partial charge on any atom is -0.387 e. The quantitative estimate of drug-likeness (QED) is 0.800. The minimum absolute atomic E-state index is 0.191. The van der Waals surface area contributed by atoms with Gasteiger partial charge >= 0.3 is 0 Å². The molecule has 1 unspecified atom stereocenters. The summed E-state index contributed by atoms with van der Waals surface area (Å²) < 4.78 is 0. The smallest absolute Gasteiger partial charge is 0.246 e. The van der Waals surface area contributed by atoms with Gasteiger partial charge in [-0.1, -0.05) is 29.8 Å². The van der Waals surface area contributed by atoms with Crippen LogP contribution in [-0.4, -0.2) is 17.6 Å². The van der Waals surface area contributed by atoms with Crippen molar-refractivity contribution in [3.8, 4) is 0 Å². The molecule has 0 fully saturated rings. The molecule has 0 saturated heterocycles. The molecule has 14 heavy (non-hydrogen) atoms. The molecule has 1 amide bonds. The van der Waals surface area contributed by atoms with E-state index in [2.05, 4.69) is 5.32 Å². The maximum absolute atomic E-state index is 10.9. The first kappa shape index (κ1) is 11.0. The van der Waals surface area contributed by atoms with Gasteiger partial charge in [0.25, 0.3) is 0 Å². The van der Waals surface area contributed by atoms with Gasteiger partial charge in [0.2, 0.25) is 5.91 Å². The van der Waals surface area contributed by atoms with Gasteiger partial charge in [-0.05, 0) is 18.6 Å². The van der Waals surface area contributed by atoms with Crippen molar-refractivity contribution in [2.75, 3.05) is 6.61 Å². The highest BCUT2D eigenvalue weighted by Crippen LogP contribution is 2.21. The van der Waals surface area contributed by atoms with E-state index < -0.39 is 12.5 Å². The summed E-state index contributed by atoms with van der Waals surface area (Å²) in [5, 5.41) is 11.8. The van der Waals surface area contributed by atoms with Crippen LogP contribution in [0, 0.1) is 0 Å². The van der Waals surface area contributed by atoms with Crippen LogP contribution < -0.4 is 5.32 Å². The molecule has 0 saturated carbocycles. The summed E-state index contributed by atoms with van der Waals surface area (Å²) in [6.07, 6.45) is 0. The first-order chi connectivity index (χ1) is 6.65. The van der Waals surface area contributed by atoms with Gasteiger partial charge in [-0.15, -0.1) is 0 Å². The van der Waals surface area contributed by atoms with Crippen molar-refractivity contribution in [1.82, 2.24) is 5.32 Å². The molecule has 0 radical (unpaired) electrons. The summed E-state index contributed by atoms with van der Waals surface area (Å²) in [6, 6.07) is 7.08. The van der Waals surface area contributed by atoms with Gasteiger partial charge < -0.3 is 10.4 Å². The molecule has 0 aliphatic heterocycles. The highest BCUT2D eigenvalue weighted by atomic mass is 35.5. The maximum atomic E-state index is 10.9. The lowest BCUT2D eigenvalue weighted by molar-refractivity contribution is -0.124. The van der Waals surface area contributed by atoms with Crippen molar-refractivity contribution < 1.29 is 9.90 Å². The Kier molecular flexibility index (Phi) is 3.92. The predicted octanol–water partition coefficient (Wildman–Crippen LogP) is 1.51. The Hall–Kier alpha value is -1.06. The summed E-state index contributed by atoms with van der Waals surface area (Å²) in [6.45, 7) is 1.31. The predicted molar refractivity (Wildman–Crippen MR) is 55.1 cm³/mol. The molecule has 0 aliphatic carbocycles. The van der Waals surface area contributed by atoms with Crippen molar-refractivity contribution in [3.05, 3.63) is 34.9 Å². The molecule has 1 aromatic carbocycles. The van der Waals surface area contributed by atoms with E-state index in [0.717, 1.165) is 5.56 Å². The third kappa shape index (κ3) is 2.72. The van der Waals surface area contributed by atoms with Crippen molar-refractivity contribution in [2.45, 2.75) is 13.0 Å². The number of hydrogen-bond acceptors (Lipinski definition) is 2. The minimum atomic E-state index is -0.505. The van der Waals surface area contributed by atoms with Crippen LogP contribution in [0.25, 0.3) is 0 Å². The molecule has 1 aromatic rings. The van der Waals surface area contributed by atoms with Crippen LogP contribution in [-0.2, 0) is 4.79 Å². The summed E-state index contributed by atoms with van der Waals surface area (Å²) in [5.41, 5.74) is 0.843. The summed E-state index contributed by atoms with van der Waals surface area (Å²) >= 11 is 5.93. The fraction of sp³-hybridized carbons (Fsp3) is 0.300. The van der Waals surface area contributed by atoms with E-state index in [1.807, 2.05) is 25.1 Å². The molecule has 1 atom stereocenters. The normalized spacial score (nSPS) is 12.2. The van der Waals surface area contributed by atoms with Gasteiger partial charge in [-0.25, -0.2) is 0 Å². The third-order valence-electron chi connectivity index (χ3n) is 1.89. The number of carbonyl (C=O) groups excluding carboxylic acids is 1. The molecular weight excluding hydrogens is 202 g/mol. The number of carbonyl (C=O) groups is 1. The van der Waals surface area contributed by atoms with E-state index in [0.29, 0.717) is 5.02 Å². The van der Waals surface area contributed by atoms with Crippen LogP contribution >= 0.6 is 11.6 Å². The molecule has 0 aliphatic rings. The number of rotatable bonds is 3. The second-order valence-corrected chi connectivity index (χ2v) is 3.38. The number of aliphatic hydroxyl groups is 1. The first-order valence-electron chi connectivity index (χ1n) is 4.29. The van der Waals surface area contributed by atoms with E-state index >= 15 is 0 Å². The lowest BCUT2D eigenvalue weighted by atomic mass is 10.1. The van der Waals surface area contributed by atoms with Crippen molar-refractivity contribution in [2.24, 2.45) is 0 Å². The Bertz CT molecular complexity index is 328. The number of aliphatic hydroxyl groups excluding tert-OH is 1. The fourth-order valence-corrected chi connectivity index (χ4v) is 1.49. The summed E-state index contributed by atoms with van der Waals surface area (Å²) in [5.74, 6) is -0.405. The van der Waals surface area contributed by atoms with Crippen LogP contribution in [0.2, 0.25) is 5.02 Å². The molecule has 2 N–H and O–H groups in total. The number of nitrogens with one attached hydrogen (secondary N) is 1. The second-order valence-electron chi connectivity index (χ2n) is 2.97. The van der Waals surface area contributed by atoms with Crippen LogP contribution in [0.15, 0.2) is 24.3 Å². The lowest BCUT2D eigenvalue weighted by Crippen LogP contribution is -2.29.